The lowest BCUT2D eigenvalue weighted by Gasteiger charge is -2.19. The molecule has 3 N–H and O–H groups in total. The second kappa shape index (κ2) is 6.32. The molecule has 0 aromatic heterocycles. The van der Waals surface area contributed by atoms with Crippen molar-refractivity contribution in [3.63, 3.8) is 0 Å². The van der Waals surface area contributed by atoms with Crippen LogP contribution in [0.15, 0.2) is 18.2 Å². The first-order chi connectivity index (χ1) is 8.38. The van der Waals surface area contributed by atoms with E-state index in [1.807, 2.05) is 0 Å². The molecule has 5 nitrogen and oxygen atoms in total. The molecule has 0 fully saturated rings. The first kappa shape index (κ1) is 14.4. The van der Waals surface area contributed by atoms with Gasteiger partial charge in [0.2, 0.25) is 5.91 Å². The van der Waals surface area contributed by atoms with Crippen LogP contribution in [-0.4, -0.2) is 35.0 Å². The number of amides is 1. The lowest BCUT2D eigenvalue weighted by atomic mass is 10.2. The van der Waals surface area contributed by atoms with Gasteiger partial charge in [-0.2, -0.15) is 0 Å². The molecular formula is C11H12ClFN2O3. The van der Waals surface area contributed by atoms with Gasteiger partial charge in [-0.1, -0.05) is 17.7 Å². The number of hydrogen-bond acceptors (Lipinski definition) is 3. The fourth-order valence-electron chi connectivity index (χ4n) is 1.47. The second-order valence-electron chi connectivity index (χ2n) is 3.74. The van der Waals surface area contributed by atoms with Crippen LogP contribution in [0.4, 0.5) is 4.39 Å². The highest BCUT2D eigenvalue weighted by Gasteiger charge is 2.14. The zero-order valence-electron chi connectivity index (χ0n) is 9.40. The van der Waals surface area contributed by atoms with Crippen molar-refractivity contribution in [1.82, 2.24) is 4.90 Å². The molecular weight excluding hydrogens is 263 g/mol. The number of benzene rings is 1. The van der Waals surface area contributed by atoms with E-state index < -0.39 is 17.7 Å². The summed E-state index contributed by atoms with van der Waals surface area (Å²) in [7, 11) is 0. The van der Waals surface area contributed by atoms with Gasteiger partial charge < -0.3 is 10.8 Å². The molecule has 0 unspecified atom stereocenters. The Hall–Kier alpha value is -1.66. The minimum atomic E-state index is -1.09. The molecule has 98 valence electrons. The fourth-order valence-corrected chi connectivity index (χ4v) is 1.70. The van der Waals surface area contributed by atoms with Gasteiger partial charge in [0.05, 0.1) is 13.1 Å². The van der Waals surface area contributed by atoms with Crippen molar-refractivity contribution in [3.05, 3.63) is 34.6 Å². The van der Waals surface area contributed by atoms with Crippen LogP contribution >= 0.6 is 11.6 Å². The van der Waals surface area contributed by atoms with Crippen LogP contribution in [0.5, 0.6) is 0 Å². The third kappa shape index (κ3) is 4.68. The number of carbonyl (C=O) groups is 2. The molecule has 7 heteroatoms. The molecule has 1 amide bonds. The number of nitrogens with zero attached hydrogens (tertiary/aromatic N) is 1. The fraction of sp³-hybridized carbons (Fsp3) is 0.273. The molecule has 0 atom stereocenters. The monoisotopic (exact) mass is 274 g/mol. The molecule has 0 radical (unpaired) electrons. The van der Waals surface area contributed by atoms with Crippen molar-refractivity contribution in [3.8, 4) is 0 Å². The van der Waals surface area contributed by atoms with Gasteiger partial charge in [0.25, 0.3) is 0 Å². The Morgan fingerprint density at radius 3 is 2.56 bits per heavy atom. The van der Waals surface area contributed by atoms with Gasteiger partial charge in [-0.05, 0) is 17.7 Å². The minimum absolute atomic E-state index is 0.106. The number of carboxylic acids is 1. The van der Waals surface area contributed by atoms with Gasteiger partial charge in [-0.3, -0.25) is 14.5 Å². The number of halogens is 2. The Labute approximate surface area is 108 Å². The summed E-state index contributed by atoms with van der Waals surface area (Å²) in [6, 6.07) is 3.78. The molecule has 0 saturated heterocycles. The largest absolute Gasteiger partial charge is 0.480 e. The van der Waals surface area contributed by atoms with Crippen LogP contribution in [-0.2, 0) is 16.1 Å². The lowest BCUT2D eigenvalue weighted by molar-refractivity contribution is -0.138. The third-order valence-corrected chi connectivity index (χ3v) is 2.50. The van der Waals surface area contributed by atoms with E-state index in [1.165, 1.54) is 17.0 Å². The number of rotatable bonds is 6. The van der Waals surface area contributed by atoms with Crippen molar-refractivity contribution < 1.29 is 19.1 Å². The van der Waals surface area contributed by atoms with Gasteiger partial charge >= 0.3 is 5.97 Å². The molecule has 18 heavy (non-hydrogen) atoms. The van der Waals surface area contributed by atoms with Crippen LogP contribution in [0.1, 0.15) is 5.56 Å². The van der Waals surface area contributed by atoms with E-state index in [-0.39, 0.29) is 24.7 Å². The molecule has 0 spiro atoms. The average molecular weight is 275 g/mol. The van der Waals surface area contributed by atoms with Gasteiger partial charge in [0.1, 0.15) is 5.82 Å². The maximum atomic E-state index is 12.8. The summed E-state index contributed by atoms with van der Waals surface area (Å²) in [5.74, 6) is -2.22. The Kier molecular flexibility index (Phi) is 5.06. The predicted octanol–water partition coefficient (Wildman–Crippen LogP) is 0.851. The second-order valence-corrected chi connectivity index (χ2v) is 4.15. The van der Waals surface area contributed by atoms with E-state index in [9.17, 15) is 14.0 Å². The Balaban J connectivity index is 2.81. The maximum absolute atomic E-state index is 12.8. The van der Waals surface area contributed by atoms with Crippen molar-refractivity contribution in [2.45, 2.75) is 6.54 Å². The topological polar surface area (TPSA) is 83.6 Å². The zero-order chi connectivity index (χ0) is 13.7. The first-order valence-electron chi connectivity index (χ1n) is 5.05. The Morgan fingerprint density at radius 1 is 1.39 bits per heavy atom. The number of aliphatic carboxylic acids is 1. The summed E-state index contributed by atoms with van der Waals surface area (Å²) in [5, 5.41) is 8.88. The van der Waals surface area contributed by atoms with Crippen LogP contribution in [0.25, 0.3) is 0 Å². The highest BCUT2D eigenvalue weighted by Crippen LogP contribution is 2.18. The van der Waals surface area contributed by atoms with E-state index >= 15 is 0 Å². The molecule has 0 aliphatic rings. The van der Waals surface area contributed by atoms with Crippen LogP contribution < -0.4 is 5.73 Å². The molecule has 1 rings (SSSR count). The van der Waals surface area contributed by atoms with Crippen molar-refractivity contribution in [2.75, 3.05) is 13.1 Å². The maximum Gasteiger partial charge on any atom is 0.317 e. The zero-order valence-corrected chi connectivity index (χ0v) is 10.2. The number of nitrogens with two attached hydrogens (primary N) is 1. The average Bonchev–Trinajstić information content (AvgIpc) is 2.20. The van der Waals surface area contributed by atoms with Crippen LogP contribution in [0.2, 0.25) is 5.02 Å². The van der Waals surface area contributed by atoms with Gasteiger partial charge in [0, 0.05) is 11.6 Å². The van der Waals surface area contributed by atoms with Gasteiger partial charge in [-0.15, -0.1) is 0 Å². The molecule has 1 aromatic carbocycles. The van der Waals surface area contributed by atoms with E-state index in [0.717, 1.165) is 6.07 Å². The van der Waals surface area contributed by atoms with E-state index in [4.69, 9.17) is 22.4 Å². The molecule has 0 heterocycles. The molecule has 0 bridgehead atoms. The van der Waals surface area contributed by atoms with Crippen molar-refractivity contribution in [1.29, 1.82) is 0 Å². The highest BCUT2D eigenvalue weighted by molar-refractivity contribution is 6.31. The van der Waals surface area contributed by atoms with Crippen molar-refractivity contribution in [2.24, 2.45) is 5.73 Å². The Morgan fingerprint density at radius 2 is 2.06 bits per heavy atom. The minimum Gasteiger partial charge on any atom is -0.480 e. The molecule has 0 aliphatic heterocycles. The summed E-state index contributed by atoms with van der Waals surface area (Å²) in [6.45, 7) is -0.453. The van der Waals surface area contributed by atoms with Crippen LogP contribution in [0.3, 0.4) is 0 Å². The third-order valence-electron chi connectivity index (χ3n) is 2.15. The standard InChI is InChI=1S/C11H12ClFN2O3/c12-9-3-8(13)2-1-7(9)4-15(5-10(14)16)6-11(17)18/h1-3H,4-6H2,(H2,14,16)(H,17,18). The van der Waals surface area contributed by atoms with Crippen LogP contribution in [0, 0.1) is 5.82 Å². The first-order valence-corrected chi connectivity index (χ1v) is 5.42. The lowest BCUT2D eigenvalue weighted by Crippen LogP contribution is -2.36. The summed E-state index contributed by atoms with van der Waals surface area (Å²) in [4.78, 5) is 22.8. The normalized spacial score (nSPS) is 10.6. The van der Waals surface area contributed by atoms with Gasteiger partial charge in [0.15, 0.2) is 0 Å². The Bertz CT molecular complexity index is 452. The summed E-state index contributed by atoms with van der Waals surface area (Å²) in [6.07, 6.45) is 0. The predicted molar refractivity (Wildman–Crippen MR) is 63.5 cm³/mol. The van der Waals surface area contributed by atoms with E-state index in [0.29, 0.717) is 5.56 Å². The smallest absolute Gasteiger partial charge is 0.317 e. The number of carboxylic acid groups (broad SMARTS) is 1. The SMILES string of the molecule is NC(=O)CN(CC(=O)O)Cc1ccc(F)cc1Cl. The number of primary amides is 1. The molecule has 1 aromatic rings. The molecule has 0 aliphatic carbocycles. The summed E-state index contributed by atoms with van der Waals surface area (Å²) < 4.78 is 12.8. The molecule has 0 saturated carbocycles. The summed E-state index contributed by atoms with van der Waals surface area (Å²) >= 11 is 5.82. The highest BCUT2D eigenvalue weighted by atomic mass is 35.5. The van der Waals surface area contributed by atoms with E-state index in [2.05, 4.69) is 0 Å². The number of hydrogen-bond donors (Lipinski definition) is 2. The van der Waals surface area contributed by atoms with Crippen molar-refractivity contribution >= 4 is 23.5 Å². The quantitative estimate of drug-likeness (QED) is 0.805. The summed E-state index contributed by atoms with van der Waals surface area (Å²) in [5.41, 5.74) is 5.55. The van der Waals surface area contributed by atoms with E-state index in [1.54, 1.807) is 0 Å². The van der Waals surface area contributed by atoms with Gasteiger partial charge in [-0.25, -0.2) is 4.39 Å². The number of carbonyl (C=O) groups excluding carboxylic acids is 1.